The smallest absolute Gasteiger partial charge is 0.321 e. The fourth-order valence-corrected chi connectivity index (χ4v) is 3.86. The molecule has 166 valence electrons. The van der Waals surface area contributed by atoms with Gasteiger partial charge in [0.25, 0.3) is 0 Å². The molecule has 3 heterocycles. The summed E-state index contributed by atoms with van der Waals surface area (Å²) in [6, 6.07) is 4.61. The van der Waals surface area contributed by atoms with Crippen LogP contribution in [0.25, 0.3) is 0 Å². The quantitative estimate of drug-likeness (QED) is 0.804. The first-order valence-corrected chi connectivity index (χ1v) is 10.4. The standard InChI is InChI=1S/C21H27F2N7O/c1-15-24-19(28-5-3-27(2)4-6-28)14-20(25-15)29-7-9-30(10-8-29)21(31)26-18-12-16(22)11-17(23)13-18/h11-14H,3-10H2,1-2H3,(H,26,31). The third-order valence-corrected chi connectivity index (χ3v) is 5.64. The van der Waals surface area contributed by atoms with Gasteiger partial charge in [-0.1, -0.05) is 0 Å². The highest BCUT2D eigenvalue weighted by atomic mass is 19.1. The molecule has 2 saturated heterocycles. The van der Waals surface area contributed by atoms with Gasteiger partial charge in [-0.2, -0.15) is 0 Å². The van der Waals surface area contributed by atoms with Crippen molar-refractivity contribution in [1.82, 2.24) is 19.8 Å². The topological polar surface area (TPSA) is 67.8 Å². The largest absolute Gasteiger partial charge is 0.354 e. The van der Waals surface area contributed by atoms with Crippen molar-refractivity contribution >= 4 is 23.4 Å². The van der Waals surface area contributed by atoms with Crippen molar-refractivity contribution in [3.8, 4) is 0 Å². The van der Waals surface area contributed by atoms with Crippen molar-refractivity contribution in [2.24, 2.45) is 0 Å². The summed E-state index contributed by atoms with van der Waals surface area (Å²) in [5.41, 5.74) is 0.105. The van der Waals surface area contributed by atoms with E-state index < -0.39 is 11.6 Å². The normalized spacial score (nSPS) is 17.7. The first kappa shape index (κ1) is 21.2. The maximum atomic E-state index is 13.3. The first-order chi connectivity index (χ1) is 14.9. The molecule has 8 nitrogen and oxygen atoms in total. The second-order valence-electron chi connectivity index (χ2n) is 7.98. The molecule has 0 spiro atoms. The van der Waals surface area contributed by atoms with Gasteiger partial charge in [0.1, 0.15) is 29.1 Å². The van der Waals surface area contributed by atoms with E-state index in [1.807, 2.05) is 13.0 Å². The van der Waals surface area contributed by atoms with Gasteiger partial charge in [-0.3, -0.25) is 0 Å². The van der Waals surface area contributed by atoms with Crippen LogP contribution in [-0.4, -0.2) is 85.2 Å². The Bertz CT molecular complexity index is 921. The number of piperazine rings is 2. The zero-order valence-electron chi connectivity index (χ0n) is 17.8. The summed E-state index contributed by atoms with van der Waals surface area (Å²) in [6.07, 6.45) is 0. The molecule has 2 aliphatic heterocycles. The highest BCUT2D eigenvalue weighted by molar-refractivity contribution is 5.89. The minimum atomic E-state index is -0.726. The van der Waals surface area contributed by atoms with E-state index in [-0.39, 0.29) is 11.7 Å². The molecule has 2 aromatic rings. The number of nitrogens with one attached hydrogen (secondary N) is 1. The Morgan fingerprint density at radius 1 is 0.839 bits per heavy atom. The van der Waals surface area contributed by atoms with Gasteiger partial charge in [-0.05, 0) is 26.1 Å². The molecular formula is C21H27F2N7O. The number of hydrogen-bond donors (Lipinski definition) is 1. The van der Waals surface area contributed by atoms with Crippen LogP contribution in [0.5, 0.6) is 0 Å². The van der Waals surface area contributed by atoms with Crippen LogP contribution < -0.4 is 15.1 Å². The van der Waals surface area contributed by atoms with Gasteiger partial charge in [-0.25, -0.2) is 23.5 Å². The van der Waals surface area contributed by atoms with E-state index in [4.69, 9.17) is 0 Å². The number of aryl methyl sites for hydroxylation is 1. The molecule has 1 aromatic carbocycles. The molecule has 0 atom stereocenters. The Kier molecular flexibility index (Phi) is 6.17. The Hall–Kier alpha value is -3.01. The van der Waals surface area contributed by atoms with Gasteiger partial charge in [0.05, 0.1) is 0 Å². The Morgan fingerprint density at radius 3 is 1.90 bits per heavy atom. The summed E-state index contributed by atoms with van der Waals surface area (Å²) >= 11 is 0. The third-order valence-electron chi connectivity index (χ3n) is 5.64. The van der Waals surface area contributed by atoms with Crippen LogP contribution in [-0.2, 0) is 0 Å². The van der Waals surface area contributed by atoms with Crippen LogP contribution in [0.1, 0.15) is 5.82 Å². The second kappa shape index (κ2) is 9.01. The van der Waals surface area contributed by atoms with Crippen molar-refractivity contribution in [1.29, 1.82) is 0 Å². The highest BCUT2D eigenvalue weighted by Gasteiger charge is 2.24. The summed E-state index contributed by atoms with van der Waals surface area (Å²) in [4.78, 5) is 30.1. The van der Waals surface area contributed by atoms with E-state index >= 15 is 0 Å². The highest BCUT2D eigenvalue weighted by Crippen LogP contribution is 2.22. The predicted molar refractivity (Wildman–Crippen MR) is 116 cm³/mol. The minimum Gasteiger partial charge on any atom is -0.354 e. The first-order valence-electron chi connectivity index (χ1n) is 10.4. The van der Waals surface area contributed by atoms with Gasteiger partial charge < -0.3 is 24.9 Å². The van der Waals surface area contributed by atoms with Crippen LogP contribution in [0.2, 0.25) is 0 Å². The molecule has 2 fully saturated rings. The third kappa shape index (κ3) is 5.19. The van der Waals surface area contributed by atoms with E-state index in [1.165, 1.54) is 0 Å². The number of carbonyl (C=O) groups excluding carboxylic acids is 1. The lowest BCUT2D eigenvalue weighted by Crippen LogP contribution is -2.50. The van der Waals surface area contributed by atoms with Gasteiger partial charge in [0, 0.05) is 70.2 Å². The van der Waals surface area contributed by atoms with E-state index in [9.17, 15) is 13.6 Å². The number of amides is 2. The summed E-state index contributed by atoms with van der Waals surface area (Å²) in [7, 11) is 2.12. The number of carbonyl (C=O) groups is 1. The molecule has 31 heavy (non-hydrogen) atoms. The van der Waals surface area contributed by atoms with Crippen LogP contribution in [0.4, 0.5) is 30.9 Å². The summed E-state index contributed by atoms with van der Waals surface area (Å²) < 4.78 is 26.7. The molecule has 2 aliphatic rings. The molecule has 10 heteroatoms. The van der Waals surface area contributed by atoms with Crippen molar-refractivity contribution in [3.05, 3.63) is 41.7 Å². The molecule has 0 saturated carbocycles. The molecule has 0 bridgehead atoms. The molecule has 0 unspecified atom stereocenters. The number of aromatic nitrogens is 2. The molecule has 0 aliphatic carbocycles. The summed E-state index contributed by atoms with van der Waals surface area (Å²) in [5.74, 6) is 1.06. The number of benzene rings is 1. The molecule has 1 aromatic heterocycles. The monoisotopic (exact) mass is 431 g/mol. The Morgan fingerprint density at radius 2 is 1.35 bits per heavy atom. The van der Waals surface area contributed by atoms with E-state index in [0.717, 1.165) is 61.8 Å². The van der Waals surface area contributed by atoms with Crippen molar-refractivity contribution in [2.45, 2.75) is 6.92 Å². The second-order valence-corrected chi connectivity index (χ2v) is 7.98. The van der Waals surface area contributed by atoms with E-state index in [1.54, 1.807) is 4.90 Å². The van der Waals surface area contributed by atoms with Crippen LogP contribution >= 0.6 is 0 Å². The van der Waals surface area contributed by atoms with E-state index in [2.05, 4.69) is 37.0 Å². The number of rotatable bonds is 3. The summed E-state index contributed by atoms with van der Waals surface area (Å²) in [5, 5.41) is 2.56. The molecule has 0 radical (unpaired) electrons. The van der Waals surface area contributed by atoms with Gasteiger partial charge >= 0.3 is 6.03 Å². The van der Waals surface area contributed by atoms with Crippen molar-refractivity contribution in [3.63, 3.8) is 0 Å². The fraction of sp³-hybridized carbons (Fsp3) is 0.476. The van der Waals surface area contributed by atoms with E-state index in [0.29, 0.717) is 26.2 Å². The molecule has 4 rings (SSSR count). The number of urea groups is 1. The van der Waals surface area contributed by atoms with Crippen molar-refractivity contribution in [2.75, 3.05) is 74.5 Å². The zero-order chi connectivity index (χ0) is 22.0. The average molecular weight is 431 g/mol. The Balaban J connectivity index is 1.37. The SMILES string of the molecule is Cc1nc(N2CCN(C)CC2)cc(N2CCN(C(=O)Nc3cc(F)cc(F)c3)CC2)n1. The molecule has 1 N–H and O–H groups in total. The Labute approximate surface area is 180 Å². The van der Waals surface area contributed by atoms with Crippen molar-refractivity contribution < 1.29 is 13.6 Å². The summed E-state index contributed by atoms with van der Waals surface area (Å²) in [6.45, 7) is 7.95. The molecule has 2 amide bonds. The van der Waals surface area contributed by atoms with Crippen LogP contribution in [0, 0.1) is 18.6 Å². The number of halogens is 2. The van der Waals surface area contributed by atoms with Crippen LogP contribution in [0.15, 0.2) is 24.3 Å². The lowest BCUT2D eigenvalue weighted by atomic mass is 10.3. The van der Waals surface area contributed by atoms with Gasteiger partial charge in [0.2, 0.25) is 0 Å². The predicted octanol–water partition coefficient (Wildman–Crippen LogP) is 2.17. The zero-order valence-corrected chi connectivity index (χ0v) is 17.8. The minimum absolute atomic E-state index is 0.105. The molecular weight excluding hydrogens is 404 g/mol. The number of nitrogens with zero attached hydrogens (tertiary/aromatic N) is 6. The number of anilines is 3. The van der Waals surface area contributed by atoms with Gasteiger partial charge in [-0.15, -0.1) is 0 Å². The lowest BCUT2D eigenvalue weighted by Gasteiger charge is -2.36. The number of hydrogen-bond acceptors (Lipinski definition) is 6. The van der Waals surface area contributed by atoms with Gasteiger partial charge in [0.15, 0.2) is 0 Å². The maximum Gasteiger partial charge on any atom is 0.321 e. The van der Waals surface area contributed by atoms with Crippen LogP contribution in [0.3, 0.4) is 0 Å². The lowest BCUT2D eigenvalue weighted by molar-refractivity contribution is 0.208. The number of likely N-dealkylation sites (N-methyl/N-ethyl adjacent to an activating group) is 1. The average Bonchev–Trinajstić information content (AvgIpc) is 2.73. The fourth-order valence-electron chi connectivity index (χ4n) is 3.86. The maximum absolute atomic E-state index is 13.3.